The van der Waals surface area contributed by atoms with Gasteiger partial charge >= 0.3 is 11.8 Å². The molecule has 0 unspecified atom stereocenters. The predicted molar refractivity (Wildman–Crippen MR) is 99.6 cm³/mol. The van der Waals surface area contributed by atoms with Gasteiger partial charge in [0.05, 0.1) is 17.1 Å². The number of nitrogens with one attached hydrogen (secondary N) is 1. The number of hydrogen-bond acceptors (Lipinski definition) is 7. The molecule has 10 nitrogen and oxygen atoms in total. The van der Waals surface area contributed by atoms with E-state index < -0.39 is 22.3 Å². The number of nitrogens with zero attached hydrogens (tertiary/aromatic N) is 4. The second kappa shape index (κ2) is 6.99. The van der Waals surface area contributed by atoms with E-state index in [0.717, 1.165) is 0 Å². The number of ether oxygens (including phenoxy) is 2. The third-order valence-electron chi connectivity index (χ3n) is 4.37. The molecule has 2 atom stereocenters. The quantitative estimate of drug-likeness (QED) is 0.628. The minimum absolute atomic E-state index is 0.0767. The van der Waals surface area contributed by atoms with Gasteiger partial charge in [-0.2, -0.15) is 5.10 Å². The summed E-state index contributed by atoms with van der Waals surface area (Å²) in [6.45, 7) is 12.7. The summed E-state index contributed by atoms with van der Waals surface area (Å²) in [5.74, 6) is 0.290. The number of carbonyl (C=O) groups excluding carboxylic acids is 1. The van der Waals surface area contributed by atoms with Crippen molar-refractivity contribution >= 4 is 17.6 Å². The van der Waals surface area contributed by atoms with Crippen molar-refractivity contribution in [3.05, 3.63) is 15.8 Å². The highest BCUT2D eigenvalue weighted by Crippen LogP contribution is 2.34. The van der Waals surface area contributed by atoms with Crippen LogP contribution in [-0.2, 0) is 16.5 Å². The van der Waals surface area contributed by atoms with Crippen LogP contribution < -0.4 is 5.32 Å². The Kier molecular flexibility index (Phi) is 5.42. The molecule has 10 heteroatoms. The minimum atomic E-state index is -0.859. The Bertz CT molecular complexity index is 737. The maximum Gasteiger partial charge on any atom is 0.412 e. The van der Waals surface area contributed by atoms with Crippen LogP contribution in [0.15, 0.2) is 0 Å². The predicted octanol–water partition coefficient (Wildman–Crippen LogP) is 2.81. The van der Waals surface area contributed by atoms with Gasteiger partial charge in [-0.15, -0.1) is 0 Å². The number of nitro groups is 1. The van der Waals surface area contributed by atoms with Crippen LogP contribution in [0.3, 0.4) is 0 Å². The standard InChI is InChI=1S/C17H29N5O5/c1-10-13(22(24)25)14(20(8)19-10)18-9-12-11(2)26-17(6,7)21(12)15(23)27-16(3,4)5/h11-12,18H,9H2,1-8H3/t11-,12+/m1/s1. The first-order valence-corrected chi connectivity index (χ1v) is 8.86. The largest absolute Gasteiger partial charge is 0.444 e. The molecular weight excluding hydrogens is 354 g/mol. The fourth-order valence-electron chi connectivity index (χ4n) is 3.39. The second-order valence-corrected chi connectivity index (χ2v) is 8.23. The lowest BCUT2D eigenvalue weighted by molar-refractivity contribution is -0.384. The summed E-state index contributed by atoms with van der Waals surface area (Å²) < 4.78 is 12.9. The molecule has 0 aromatic carbocycles. The van der Waals surface area contributed by atoms with Crippen molar-refractivity contribution in [1.29, 1.82) is 0 Å². The lowest BCUT2D eigenvalue weighted by Gasteiger charge is -2.35. The summed E-state index contributed by atoms with van der Waals surface area (Å²) in [6, 6.07) is -0.371. The first-order chi connectivity index (χ1) is 12.2. The lowest BCUT2D eigenvalue weighted by atomic mass is 10.1. The van der Waals surface area contributed by atoms with Crippen LogP contribution in [-0.4, -0.2) is 55.7 Å². The summed E-state index contributed by atoms with van der Waals surface area (Å²) in [5, 5.41) is 18.5. The lowest BCUT2D eigenvalue weighted by Crippen LogP contribution is -2.52. The molecule has 0 bridgehead atoms. The summed E-state index contributed by atoms with van der Waals surface area (Å²) in [4.78, 5) is 25.2. The average Bonchev–Trinajstić information content (AvgIpc) is 2.86. The second-order valence-electron chi connectivity index (χ2n) is 8.23. The van der Waals surface area contributed by atoms with Crippen LogP contribution >= 0.6 is 0 Å². The molecule has 27 heavy (non-hydrogen) atoms. The normalized spacial score (nSPS) is 22.0. The molecule has 0 spiro atoms. The van der Waals surface area contributed by atoms with Gasteiger partial charge in [-0.3, -0.25) is 15.0 Å². The maximum atomic E-state index is 12.8. The summed E-state index contributed by atoms with van der Waals surface area (Å²) in [7, 11) is 1.63. The average molecular weight is 383 g/mol. The van der Waals surface area contributed by atoms with E-state index in [1.807, 2.05) is 6.92 Å². The zero-order valence-electron chi connectivity index (χ0n) is 17.2. The number of aryl methyl sites for hydroxylation is 2. The number of anilines is 1. The molecule has 1 aromatic heterocycles. The number of hydrogen-bond donors (Lipinski definition) is 1. The zero-order valence-corrected chi connectivity index (χ0v) is 17.2. The Morgan fingerprint density at radius 2 is 2.04 bits per heavy atom. The van der Waals surface area contributed by atoms with Crippen molar-refractivity contribution < 1.29 is 19.2 Å². The zero-order chi connectivity index (χ0) is 20.7. The molecule has 2 heterocycles. The molecule has 1 aromatic rings. The Labute approximate surface area is 158 Å². The van der Waals surface area contributed by atoms with Crippen LogP contribution in [0.2, 0.25) is 0 Å². The van der Waals surface area contributed by atoms with Gasteiger partial charge < -0.3 is 14.8 Å². The Hall–Kier alpha value is -2.36. The van der Waals surface area contributed by atoms with E-state index in [0.29, 0.717) is 11.5 Å². The van der Waals surface area contributed by atoms with E-state index in [4.69, 9.17) is 9.47 Å². The third kappa shape index (κ3) is 4.32. The van der Waals surface area contributed by atoms with Gasteiger partial charge in [0, 0.05) is 13.6 Å². The molecule has 1 N–H and O–H groups in total. The van der Waals surface area contributed by atoms with Gasteiger partial charge in [0.15, 0.2) is 0 Å². The van der Waals surface area contributed by atoms with Gasteiger partial charge in [-0.05, 0) is 48.5 Å². The summed E-state index contributed by atoms with van der Waals surface area (Å²) >= 11 is 0. The summed E-state index contributed by atoms with van der Waals surface area (Å²) in [6.07, 6.45) is -0.771. The molecular formula is C17H29N5O5. The fourth-order valence-corrected chi connectivity index (χ4v) is 3.39. The van der Waals surface area contributed by atoms with Crippen LogP contribution in [0.1, 0.15) is 47.2 Å². The fraction of sp³-hybridized carbons (Fsp3) is 0.765. The van der Waals surface area contributed by atoms with Crippen molar-refractivity contribution in [1.82, 2.24) is 14.7 Å². The number of carbonyl (C=O) groups is 1. The van der Waals surface area contributed by atoms with E-state index in [1.165, 1.54) is 4.68 Å². The monoisotopic (exact) mass is 383 g/mol. The van der Waals surface area contributed by atoms with E-state index in [-0.39, 0.29) is 24.4 Å². The molecule has 2 rings (SSSR count). The number of amides is 1. The first kappa shape index (κ1) is 20.9. The molecule has 1 amide bonds. The Morgan fingerprint density at radius 1 is 1.44 bits per heavy atom. The smallest absolute Gasteiger partial charge is 0.412 e. The Morgan fingerprint density at radius 3 is 2.56 bits per heavy atom. The molecule has 1 saturated heterocycles. The van der Waals surface area contributed by atoms with Crippen LogP contribution in [0.25, 0.3) is 0 Å². The van der Waals surface area contributed by atoms with E-state index in [1.54, 1.807) is 53.5 Å². The van der Waals surface area contributed by atoms with E-state index in [2.05, 4.69) is 10.4 Å². The van der Waals surface area contributed by atoms with Crippen molar-refractivity contribution in [3.63, 3.8) is 0 Å². The Balaban J connectivity index is 2.26. The maximum absolute atomic E-state index is 12.8. The summed E-state index contributed by atoms with van der Waals surface area (Å²) in [5.41, 5.74) is -1.26. The highest BCUT2D eigenvalue weighted by molar-refractivity contribution is 5.70. The molecule has 1 fully saturated rings. The molecule has 152 valence electrons. The van der Waals surface area contributed by atoms with Gasteiger partial charge in [-0.25, -0.2) is 9.48 Å². The molecule has 0 radical (unpaired) electrons. The first-order valence-electron chi connectivity index (χ1n) is 8.86. The van der Waals surface area contributed by atoms with Gasteiger partial charge in [-0.1, -0.05) is 0 Å². The van der Waals surface area contributed by atoms with Crippen molar-refractivity contribution in [2.45, 2.75) is 71.9 Å². The van der Waals surface area contributed by atoms with E-state index in [9.17, 15) is 14.9 Å². The highest BCUT2D eigenvalue weighted by Gasteiger charge is 2.49. The van der Waals surface area contributed by atoms with Gasteiger partial charge in [0.1, 0.15) is 17.0 Å². The third-order valence-corrected chi connectivity index (χ3v) is 4.37. The van der Waals surface area contributed by atoms with E-state index >= 15 is 0 Å². The topological polar surface area (TPSA) is 112 Å². The number of rotatable bonds is 4. The number of aromatic nitrogens is 2. The van der Waals surface area contributed by atoms with Crippen LogP contribution in [0.4, 0.5) is 16.3 Å². The van der Waals surface area contributed by atoms with Gasteiger partial charge in [0.25, 0.3) is 0 Å². The molecule has 0 saturated carbocycles. The van der Waals surface area contributed by atoms with Crippen molar-refractivity contribution in [3.8, 4) is 0 Å². The molecule has 1 aliphatic rings. The van der Waals surface area contributed by atoms with Crippen LogP contribution in [0.5, 0.6) is 0 Å². The minimum Gasteiger partial charge on any atom is -0.444 e. The van der Waals surface area contributed by atoms with Crippen molar-refractivity contribution in [2.75, 3.05) is 11.9 Å². The SMILES string of the molecule is Cc1nn(C)c(NC[C@H]2[C@@H](C)OC(C)(C)N2C(=O)OC(C)(C)C)c1[N+](=O)[O-]. The van der Waals surface area contributed by atoms with Gasteiger partial charge in [0.2, 0.25) is 5.82 Å². The van der Waals surface area contributed by atoms with Crippen molar-refractivity contribution in [2.24, 2.45) is 7.05 Å². The molecule has 0 aliphatic carbocycles. The van der Waals surface area contributed by atoms with Crippen LogP contribution in [0, 0.1) is 17.0 Å². The molecule has 1 aliphatic heterocycles. The highest BCUT2D eigenvalue weighted by atomic mass is 16.6.